The molecule has 0 radical (unpaired) electrons. The first kappa shape index (κ1) is 13.0. The van der Waals surface area contributed by atoms with E-state index in [1.165, 1.54) is 23.6 Å². The van der Waals surface area contributed by atoms with Gasteiger partial charge in [-0.25, -0.2) is 8.78 Å². The van der Waals surface area contributed by atoms with Gasteiger partial charge in [-0.3, -0.25) is 4.79 Å². The second kappa shape index (κ2) is 5.95. The molecule has 0 atom stereocenters. The molecule has 1 aliphatic carbocycles. The van der Waals surface area contributed by atoms with E-state index in [2.05, 4.69) is 10.6 Å². The third-order valence-electron chi connectivity index (χ3n) is 2.82. The van der Waals surface area contributed by atoms with Crippen LogP contribution in [-0.2, 0) is 6.54 Å². The van der Waals surface area contributed by atoms with Gasteiger partial charge >= 0.3 is 0 Å². The van der Waals surface area contributed by atoms with E-state index < -0.39 is 13.0 Å². The van der Waals surface area contributed by atoms with Gasteiger partial charge in [0.15, 0.2) is 0 Å². The van der Waals surface area contributed by atoms with E-state index in [-0.39, 0.29) is 11.6 Å². The summed E-state index contributed by atoms with van der Waals surface area (Å²) in [6.07, 6.45) is 1.43. The molecule has 0 aliphatic heterocycles. The van der Waals surface area contributed by atoms with E-state index in [4.69, 9.17) is 0 Å². The number of alkyl halides is 2. The lowest BCUT2D eigenvalue weighted by Gasteiger charge is -2.09. The first-order valence-electron chi connectivity index (χ1n) is 6.11. The molecule has 18 heavy (non-hydrogen) atoms. The van der Waals surface area contributed by atoms with E-state index in [0.29, 0.717) is 19.1 Å². The first-order chi connectivity index (χ1) is 8.66. The summed E-state index contributed by atoms with van der Waals surface area (Å²) >= 11 is 0. The molecule has 1 aliphatic rings. The Bertz CT molecular complexity index is 402. The molecule has 0 spiro atoms. The summed E-state index contributed by atoms with van der Waals surface area (Å²) in [6, 6.07) is 3.75. The molecule has 2 rings (SSSR count). The van der Waals surface area contributed by atoms with Gasteiger partial charge in [0, 0.05) is 25.3 Å². The van der Waals surface area contributed by atoms with Crippen molar-refractivity contribution in [3.05, 3.63) is 24.0 Å². The number of nitrogens with zero attached hydrogens (tertiary/aromatic N) is 1. The zero-order valence-electron chi connectivity index (χ0n) is 10.0. The number of carbonyl (C=O) groups is 1. The van der Waals surface area contributed by atoms with Crippen LogP contribution in [0.2, 0.25) is 0 Å². The molecule has 1 aromatic heterocycles. The Hall–Kier alpha value is -1.43. The van der Waals surface area contributed by atoms with Crippen LogP contribution >= 0.6 is 0 Å². The van der Waals surface area contributed by atoms with Crippen LogP contribution in [0.1, 0.15) is 23.3 Å². The largest absolute Gasteiger partial charge is 0.349 e. The van der Waals surface area contributed by atoms with Gasteiger partial charge in [0.1, 0.15) is 5.69 Å². The number of halogens is 2. The fraction of sp³-hybridized carbons (Fsp3) is 0.583. The number of aromatic nitrogens is 1. The molecule has 100 valence electrons. The maximum absolute atomic E-state index is 12.3. The van der Waals surface area contributed by atoms with Crippen molar-refractivity contribution in [3.8, 4) is 0 Å². The second-order valence-electron chi connectivity index (χ2n) is 4.42. The van der Waals surface area contributed by atoms with Crippen molar-refractivity contribution in [3.63, 3.8) is 0 Å². The minimum atomic E-state index is -2.46. The van der Waals surface area contributed by atoms with Crippen molar-refractivity contribution in [2.24, 2.45) is 0 Å². The molecular weight excluding hydrogens is 240 g/mol. The highest BCUT2D eigenvalue weighted by atomic mass is 19.3. The van der Waals surface area contributed by atoms with E-state index in [0.717, 1.165) is 0 Å². The summed E-state index contributed by atoms with van der Waals surface area (Å²) in [6.45, 7) is 0.775. The number of nitrogens with one attached hydrogen (secondary N) is 2. The third kappa shape index (κ3) is 3.80. The van der Waals surface area contributed by atoms with Crippen LogP contribution in [0.15, 0.2) is 18.3 Å². The van der Waals surface area contributed by atoms with Crippen LogP contribution in [0.4, 0.5) is 8.78 Å². The van der Waals surface area contributed by atoms with E-state index >= 15 is 0 Å². The SMILES string of the molecule is O=C(NCCNC1CC1)c1cccn1CC(F)F. The van der Waals surface area contributed by atoms with Crippen molar-refractivity contribution in [1.29, 1.82) is 0 Å². The molecule has 6 heteroatoms. The van der Waals surface area contributed by atoms with Crippen molar-refractivity contribution < 1.29 is 13.6 Å². The van der Waals surface area contributed by atoms with Gasteiger partial charge in [-0.1, -0.05) is 0 Å². The summed E-state index contributed by atoms with van der Waals surface area (Å²) in [5.41, 5.74) is 0.279. The number of carbonyl (C=O) groups excluding carboxylic acids is 1. The highest BCUT2D eigenvalue weighted by Crippen LogP contribution is 2.17. The average Bonchev–Trinajstić information content (AvgIpc) is 3.03. The van der Waals surface area contributed by atoms with Gasteiger partial charge < -0.3 is 15.2 Å². The number of hydrogen-bond donors (Lipinski definition) is 2. The normalized spacial score (nSPS) is 15.1. The third-order valence-corrected chi connectivity index (χ3v) is 2.82. The van der Waals surface area contributed by atoms with Crippen LogP contribution in [0.5, 0.6) is 0 Å². The van der Waals surface area contributed by atoms with Gasteiger partial charge in [0.25, 0.3) is 12.3 Å². The minimum absolute atomic E-state index is 0.279. The lowest BCUT2D eigenvalue weighted by molar-refractivity contribution is 0.0931. The molecule has 1 saturated carbocycles. The topological polar surface area (TPSA) is 46.1 Å². The standard InChI is InChI=1S/C12H17F2N3O/c13-11(14)8-17-7-1-2-10(17)12(18)16-6-5-15-9-3-4-9/h1-2,7,9,11,15H,3-6,8H2,(H,16,18). The molecule has 1 aromatic rings. The van der Waals surface area contributed by atoms with Gasteiger partial charge in [0.2, 0.25) is 0 Å². The molecule has 0 aromatic carbocycles. The van der Waals surface area contributed by atoms with Crippen molar-refractivity contribution in [1.82, 2.24) is 15.2 Å². The first-order valence-corrected chi connectivity index (χ1v) is 6.11. The second-order valence-corrected chi connectivity index (χ2v) is 4.42. The van der Waals surface area contributed by atoms with Crippen molar-refractivity contribution >= 4 is 5.91 Å². The Morgan fingerprint density at radius 2 is 2.22 bits per heavy atom. The quantitative estimate of drug-likeness (QED) is 0.722. The van der Waals surface area contributed by atoms with E-state index in [9.17, 15) is 13.6 Å². The molecule has 1 heterocycles. The Morgan fingerprint density at radius 1 is 1.44 bits per heavy atom. The van der Waals surface area contributed by atoms with Gasteiger partial charge in [-0.2, -0.15) is 0 Å². The molecular formula is C12H17F2N3O. The van der Waals surface area contributed by atoms with Gasteiger partial charge in [-0.05, 0) is 25.0 Å². The van der Waals surface area contributed by atoms with Crippen molar-refractivity contribution in [2.45, 2.75) is 31.9 Å². The fourth-order valence-corrected chi connectivity index (χ4v) is 1.76. The molecule has 1 amide bonds. The maximum atomic E-state index is 12.3. The van der Waals surface area contributed by atoms with Crippen LogP contribution in [-0.4, -0.2) is 36.0 Å². The Morgan fingerprint density at radius 3 is 2.89 bits per heavy atom. The van der Waals surface area contributed by atoms with Crippen LogP contribution in [0.25, 0.3) is 0 Å². The number of hydrogen-bond acceptors (Lipinski definition) is 2. The summed E-state index contributed by atoms with van der Waals surface area (Å²) < 4.78 is 25.8. The zero-order chi connectivity index (χ0) is 13.0. The average molecular weight is 257 g/mol. The monoisotopic (exact) mass is 257 g/mol. The summed E-state index contributed by atoms with van der Waals surface area (Å²) in [5.74, 6) is -0.307. The molecule has 4 nitrogen and oxygen atoms in total. The Labute approximate surface area is 104 Å². The fourth-order valence-electron chi connectivity index (χ4n) is 1.76. The highest BCUT2D eigenvalue weighted by Gasteiger charge is 2.19. The molecule has 0 bridgehead atoms. The smallest absolute Gasteiger partial charge is 0.267 e. The van der Waals surface area contributed by atoms with Gasteiger partial charge in [0.05, 0.1) is 6.54 Å². The van der Waals surface area contributed by atoms with Crippen LogP contribution in [0.3, 0.4) is 0 Å². The summed E-state index contributed by atoms with van der Waals surface area (Å²) in [4.78, 5) is 11.8. The van der Waals surface area contributed by atoms with Crippen LogP contribution in [0, 0.1) is 0 Å². The van der Waals surface area contributed by atoms with Gasteiger partial charge in [-0.15, -0.1) is 0 Å². The predicted molar refractivity (Wildman–Crippen MR) is 63.8 cm³/mol. The Balaban J connectivity index is 1.77. The Kier molecular flexibility index (Phi) is 4.30. The number of amides is 1. The summed E-state index contributed by atoms with van der Waals surface area (Å²) in [7, 11) is 0. The molecule has 1 fully saturated rings. The van der Waals surface area contributed by atoms with Crippen LogP contribution < -0.4 is 10.6 Å². The predicted octanol–water partition coefficient (Wildman–Crippen LogP) is 1.23. The van der Waals surface area contributed by atoms with E-state index in [1.54, 1.807) is 12.1 Å². The van der Waals surface area contributed by atoms with Crippen molar-refractivity contribution in [2.75, 3.05) is 13.1 Å². The molecule has 2 N–H and O–H groups in total. The number of rotatable bonds is 7. The molecule has 0 unspecified atom stereocenters. The highest BCUT2D eigenvalue weighted by molar-refractivity contribution is 5.92. The maximum Gasteiger partial charge on any atom is 0.267 e. The van der Waals surface area contributed by atoms with E-state index in [1.807, 2.05) is 0 Å². The lowest BCUT2D eigenvalue weighted by Crippen LogP contribution is -2.33. The lowest BCUT2D eigenvalue weighted by atomic mass is 10.4. The minimum Gasteiger partial charge on any atom is -0.349 e. The molecule has 0 saturated heterocycles. The summed E-state index contributed by atoms with van der Waals surface area (Å²) in [5, 5.41) is 5.98. The zero-order valence-corrected chi connectivity index (χ0v) is 10.0.